The molecule has 2 aromatic carbocycles. The lowest BCUT2D eigenvalue weighted by Crippen LogP contribution is -2.22. The van der Waals surface area contributed by atoms with Gasteiger partial charge in [-0.15, -0.1) is 22.0 Å². The summed E-state index contributed by atoms with van der Waals surface area (Å²) in [7, 11) is 4.92. The number of hydrogen-bond acceptors (Lipinski definition) is 8. The van der Waals surface area contributed by atoms with Gasteiger partial charge >= 0.3 is 0 Å². The van der Waals surface area contributed by atoms with E-state index in [1.807, 2.05) is 36.6 Å². The van der Waals surface area contributed by atoms with Crippen LogP contribution in [0.5, 0.6) is 11.5 Å². The fourth-order valence-corrected chi connectivity index (χ4v) is 4.20. The van der Waals surface area contributed by atoms with Gasteiger partial charge in [-0.1, -0.05) is 23.9 Å². The van der Waals surface area contributed by atoms with Crippen molar-refractivity contribution in [3.05, 3.63) is 59.9 Å². The van der Waals surface area contributed by atoms with E-state index in [1.165, 1.54) is 17.8 Å². The minimum atomic E-state index is -0.274. The van der Waals surface area contributed by atoms with Gasteiger partial charge in [0, 0.05) is 23.7 Å². The molecule has 0 fully saturated rings. The van der Waals surface area contributed by atoms with E-state index in [2.05, 4.69) is 20.8 Å². The molecule has 1 heterocycles. The number of hydrogen-bond donors (Lipinski definition) is 2. The average molecular weight is 514 g/mol. The summed E-state index contributed by atoms with van der Waals surface area (Å²) in [6.07, 6.45) is 5.10. The summed E-state index contributed by atoms with van der Waals surface area (Å²) in [5, 5.41) is 14.5. The van der Waals surface area contributed by atoms with Gasteiger partial charge in [0.25, 0.3) is 0 Å². The van der Waals surface area contributed by atoms with Crippen molar-refractivity contribution in [2.45, 2.75) is 16.6 Å². The largest absolute Gasteiger partial charge is 0.493 e. The van der Waals surface area contributed by atoms with E-state index in [9.17, 15) is 9.59 Å². The van der Waals surface area contributed by atoms with Crippen LogP contribution in [0.3, 0.4) is 0 Å². The van der Waals surface area contributed by atoms with Gasteiger partial charge in [0.05, 0.1) is 26.5 Å². The molecular formula is C24H27N5O4S2. The number of benzene rings is 2. The number of rotatable bonds is 11. The molecule has 0 unspecified atom stereocenters. The van der Waals surface area contributed by atoms with E-state index in [1.54, 1.807) is 55.8 Å². The van der Waals surface area contributed by atoms with E-state index in [0.717, 1.165) is 16.1 Å². The molecule has 2 N–H and O–H groups in total. The second-order valence-corrected chi connectivity index (χ2v) is 9.01. The van der Waals surface area contributed by atoms with Crippen LogP contribution in [0.1, 0.15) is 11.4 Å². The third kappa shape index (κ3) is 7.52. The lowest BCUT2D eigenvalue weighted by atomic mass is 10.2. The zero-order chi connectivity index (χ0) is 25.2. The first-order chi connectivity index (χ1) is 16.9. The van der Waals surface area contributed by atoms with Crippen LogP contribution in [0.15, 0.2) is 58.6 Å². The number of amides is 2. The number of aromatic nitrogens is 3. The molecule has 3 aromatic rings. The smallest absolute Gasteiger partial charge is 0.244 e. The van der Waals surface area contributed by atoms with Gasteiger partial charge in [0.2, 0.25) is 11.8 Å². The Morgan fingerprint density at radius 3 is 2.63 bits per heavy atom. The van der Waals surface area contributed by atoms with Gasteiger partial charge in [0.1, 0.15) is 0 Å². The van der Waals surface area contributed by atoms with Crippen molar-refractivity contribution in [1.29, 1.82) is 0 Å². The zero-order valence-corrected chi connectivity index (χ0v) is 21.5. The maximum absolute atomic E-state index is 12.3. The average Bonchev–Trinajstić information content (AvgIpc) is 3.23. The highest BCUT2D eigenvalue weighted by Crippen LogP contribution is 2.28. The van der Waals surface area contributed by atoms with Crippen LogP contribution >= 0.6 is 23.5 Å². The zero-order valence-electron chi connectivity index (χ0n) is 19.9. The Morgan fingerprint density at radius 1 is 1.09 bits per heavy atom. The summed E-state index contributed by atoms with van der Waals surface area (Å²) in [5.41, 5.74) is 1.55. The first-order valence-electron chi connectivity index (χ1n) is 10.6. The van der Waals surface area contributed by atoms with Crippen molar-refractivity contribution in [2.75, 3.05) is 31.5 Å². The van der Waals surface area contributed by atoms with E-state index in [-0.39, 0.29) is 24.1 Å². The van der Waals surface area contributed by atoms with E-state index >= 15 is 0 Å². The molecule has 0 bridgehead atoms. The fraction of sp³-hybridized carbons (Fsp3) is 0.250. The fourth-order valence-electron chi connectivity index (χ4n) is 3.01. The summed E-state index contributed by atoms with van der Waals surface area (Å²) in [5.74, 6) is 1.56. The number of methoxy groups -OCH3 is 2. The van der Waals surface area contributed by atoms with Crippen LogP contribution < -0.4 is 20.1 Å². The highest BCUT2D eigenvalue weighted by molar-refractivity contribution is 7.99. The Bertz CT molecular complexity index is 1210. The van der Waals surface area contributed by atoms with E-state index in [0.29, 0.717) is 22.5 Å². The standard InChI is InChI=1S/C24H27N5O4S2/c1-29-21(14-25-22(30)11-9-16-8-10-19(32-2)20(12-16)33-3)27-28-24(29)35-15-23(31)26-17-6-5-7-18(13-17)34-4/h5-13H,14-15H2,1-4H3,(H,25,30)(H,26,31). The van der Waals surface area contributed by atoms with Gasteiger partial charge in [-0.3, -0.25) is 9.59 Å². The van der Waals surface area contributed by atoms with Gasteiger partial charge < -0.3 is 24.7 Å². The molecular weight excluding hydrogens is 486 g/mol. The van der Waals surface area contributed by atoms with Crippen LogP contribution in [-0.2, 0) is 23.2 Å². The normalized spacial score (nSPS) is 10.9. The van der Waals surface area contributed by atoms with Gasteiger partial charge in [-0.2, -0.15) is 0 Å². The number of nitrogens with zero attached hydrogens (tertiary/aromatic N) is 3. The lowest BCUT2D eigenvalue weighted by molar-refractivity contribution is -0.116. The minimum Gasteiger partial charge on any atom is -0.493 e. The van der Waals surface area contributed by atoms with Crippen molar-refractivity contribution < 1.29 is 19.1 Å². The number of nitrogens with one attached hydrogen (secondary N) is 2. The Labute approximate surface area is 212 Å². The molecule has 0 saturated heterocycles. The van der Waals surface area contributed by atoms with Crippen LogP contribution in [0.25, 0.3) is 6.08 Å². The molecule has 0 saturated carbocycles. The summed E-state index contributed by atoms with van der Waals surface area (Å²) in [6.45, 7) is 0.201. The maximum atomic E-state index is 12.3. The second kappa shape index (κ2) is 12.9. The Balaban J connectivity index is 1.49. The highest BCUT2D eigenvalue weighted by Gasteiger charge is 2.12. The number of carbonyl (C=O) groups is 2. The molecule has 35 heavy (non-hydrogen) atoms. The molecule has 0 aliphatic heterocycles. The summed E-state index contributed by atoms with van der Waals surface area (Å²) in [6, 6.07) is 13.1. The second-order valence-electron chi connectivity index (χ2n) is 7.19. The number of thioether (sulfide) groups is 2. The predicted molar refractivity (Wildman–Crippen MR) is 139 cm³/mol. The van der Waals surface area contributed by atoms with Crippen molar-refractivity contribution in [2.24, 2.45) is 7.05 Å². The van der Waals surface area contributed by atoms with Crippen molar-refractivity contribution >= 4 is 47.1 Å². The topological polar surface area (TPSA) is 107 Å². The molecule has 2 amide bonds. The molecule has 0 radical (unpaired) electrons. The summed E-state index contributed by atoms with van der Waals surface area (Å²) < 4.78 is 12.2. The van der Waals surface area contributed by atoms with Gasteiger partial charge in [-0.25, -0.2) is 0 Å². The number of ether oxygens (including phenoxy) is 2. The van der Waals surface area contributed by atoms with E-state index in [4.69, 9.17) is 9.47 Å². The van der Waals surface area contributed by atoms with Crippen LogP contribution in [0.2, 0.25) is 0 Å². The summed E-state index contributed by atoms with van der Waals surface area (Å²) in [4.78, 5) is 25.6. The molecule has 9 nitrogen and oxygen atoms in total. The van der Waals surface area contributed by atoms with Crippen LogP contribution in [0, 0.1) is 0 Å². The summed E-state index contributed by atoms with van der Waals surface area (Å²) >= 11 is 2.89. The SMILES string of the molecule is COc1ccc(C=CC(=O)NCc2nnc(SCC(=O)Nc3cccc(SC)c3)n2C)cc1OC. The third-order valence-corrected chi connectivity index (χ3v) is 6.61. The number of anilines is 1. The van der Waals surface area contributed by atoms with Gasteiger partial charge in [-0.05, 0) is 48.2 Å². The van der Waals surface area contributed by atoms with Crippen molar-refractivity contribution in [1.82, 2.24) is 20.1 Å². The van der Waals surface area contributed by atoms with Crippen molar-refractivity contribution in [3.8, 4) is 11.5 Å². The highest BCUT2D eigenvalue weighted by atomic mass is 32.2. The van der Waals surface area contributed by atoms with E-state index < -0.39 is 0 Å². The third-order valence-electron chi connectivity index (χ3n) is 4.87. The van der Waals surface area contributed by atoms with Crippen LogP contribution in [0.4, 0.5) is 5.69 Å². The molecule has 3 rings (SSSR count). The maximum Gasteiger partial charge on any atom is 0.244 e. The van der Waals surface area contributed by atoms with Crippen molar-refractivity contribution in [3.63, 3.8) is 0 Å². The first kappa shape index (κ1) is 26.2. The monoisotopic (exact) mass is 513 g/mol. The lowest BCUT2D eigenvalue weighted by Gasteiger charge is -2.07. The predicted octanol–water partition coefficient (Wildman–Crippen LogP) is 3.61. The molecule has 11 heteroatoms. The molecule has 1 aromatic heterocycles. The molecule has 0 spiro atoms. The van der Waals surface area contributed by atoms with Gasteiger partial charge in [0.15, 0.2) is 22.5 Å². The van der Waals surface area contributed by atoms with Crippen LogP contribution in [-0.4, -0.2) is 52.8 Å². The Hall–Kier alpha value is -3.44. The Morgan fingerprint density at radius 2 is 1.89 bits per heavy atom. The molecule has 0 atom stereocenters. The molecule has 184 valence electrons. The molecule has 0 aliphatic rings. The quantitative estimate of drug-likeness (QED) is 0.296. The Kier molecular flexibility index (Phi) is 9.62. The molecule has 0 aliphatic carbocycles. The minimum absolute atomic E-state index is 0.133. The first-order valence-corrected chi connectivity index (χ1v) is 12.8. The number of carbonyl (C=O) groups excluding carboxylic acids is 2.